The molecule has 4 heterocycles. The molecule has 21 heavy (non-hydrogen) atoms. The molecule has 0 spiro atoms. The molecule has 0 radical (unpaired) electrons. The predicted octanol–water partition coefficient (Wildman–Crippen LogP) is 3.53. The first-order valence-electron chi connectivity index (χ1n) is 7.11. The Labute approximate surface area is 130 Å². The number of carboxylic acid groups (broad SMARTS) is 1. The lowest BCUT2D eigenvalue weighted by Crippen LogP contribution is -2.13. The highest BCUT2D eigenvalue weighted by atomic mass is 32.1. The van der Waals surface area contributed by atoms with Crippen LogP contribution in [0.3, 0.4) is 0 Å². The van der Waals surface area contributed by atoms with Gasteiger partial charge in [0.15, 0.2) is 0 Å². The molecule has 0 amide bonds. The van der Waals surface area contributed by atoms with E-state index in [2.05, 4.69) is 5.38 Å². The molecule has 0 aromatic carbocycles. The Morgan fingerprint density at radius 1 is 1.43 bits per heavy atom. The van der Waals surface area contributed by atoms with Crippen molar-refractivity contribution in [1.82, 2.24) is 4.98 Å². The molecule has 2 aliphatic heterocycles. The van der Waals surface area contributed by atoms with Gasteiger partial charge in [0, 0.05) is 16.2 Å². The number of thiophene rings is 1. The van der Waals surface area contributed by atoms with Crippen LogP contribution in [0.5, 0.6) is 0 Å². The summed E-state index contributed by atoms with van der Waals surface area (Å²) < 4.78 is 5.91. The molecule has 4 rings (SSSR count). The number of thiazole rings is 1. The molecular weight excluding hydrogens is 306 g/mol. The van der Waals surface area contributed by atoms with Gasteiger partial charge >= 0.3 is 5.97 Å². The van der Waals surface area contributed by atoms with E-state index in [0.717, 1.165) is 28.3 Å². The molecule has 4 nitrogen and oxygen atoms in total. The first-order valence-corrected chi connectivity index (χ1v) is 8.80. The highest BCUT2D eigenvalue weighted by molar-refractivity contribution is 7.16. The van der Waals surface area contributed by atoms with Crippen LogP contribution in [0.25, 0.3) is 10.6 Å². The zero-order valence-corrected chi connectivity index (χ0v) is 13.0. The lowest BCUT2D eigenvalue weighted by molar-refractivity contribution is -0.136. The third-order valence-corrected chi connectivity index (χ3v) is 6.27. The zero-order valence-electron chi connectivity index (χ0n) is 11.3. The lowest BCUT2D eigenvalue weighted by atomic mass is 9.90. The highest BCUT2D eigenvalue weighted by Gasteiger charge is 2.42. The first-order chi connectivity index (χ1) is 10.2. The summed E-state index contributed by atoms with van der Waals surface area (Å²) in [6.45, 7) is 0. The van der Waals surface area contributed by atoms with Gasteiger partial charge in [0.05, 0.1) is 34.2 Å². The van der Waals surface area contributed by atoms with Crippen LogP contribution in [0, 0.1) is 0 Å². The van der Waals surface area contributed by atoms with Crippen LogP contribution in [0.4, 0.5) is 0 Å². The second-order valence-electron chi connectivity index (χ2n) is 5.62. The van der Waals surface area contributed by atoms with E-state index in [0.29, 0.717) is 18.1 Å². The summed E-state index contributed by atoms with van der Waals surface area (Å²) in [5.41, 5.74) is 0.972. The average Bonchev–Trinajstić information content (AvgIpc) is 3.21. The third kappa shape index (κ3) is 2.52. The maximum atomic E-state index is 10.7. The Morgan fingerprint density at radius 2 is 2.33 bits per heavy atom. The van der Waals surface area contributed by atoms with E-state index < -0.39 is 5.97 Å². The maximum Gasteiger partial charge on any atom is 0.308 e. The quantitative estimate of drug-likeness (QED) is 0.936. The number of carbonyl (C=O) groups is 1. The number of nitrogens with zero attached hydrogens (tertiary/aromatic N) is 1. The zero-order chi connectivity index (χ0) is 14.4. The minimum atomic E-state index is -0.790. The average molecular weight is 321 g/mol. The van der Waals surface area contributed by atoms with Gasteiger partial charge in [-0.25, -0.2) is 4.98 Å². The number of aliphatic carboxylic acids is 1. The van der Waals surface area contributed by atoms with Crippen LogP contribution in [0.15, 0.2) is 17.5 Å². The van der Waals surface area contributed by atoms with Gasteiger partial charge in [0.1, 0.15) is 0 Å². The van der Waals surface area contributed by atoms with E-state index in [1.165, 1.54) is 22.8 Å². The van der Waals surface area contributed by atoms with Crippen LogP contribution in [-0.2, 0) is 16.0 Å². The van der Waals surface area contributed by atoms with E-state index in [-0.39, 0.29) is 6.42 Å². The van der Waals surface area contributed by atoms with Crippen LogP contribution >= 0.6 is 22.7 Å². The van der Waals surface area contributed by atoms with Gasteiger partial charge < -0.3 is 9.84 Å². The number of rotatable bonds is 4. The topological polar surface area (TPSA) is 59.4 Å². The fourth-order valence-electron chi connectivity index (χ4n) is 3.23. The minimum Gasteiger partial charge on any atom is -0.481 e. The van der Waals surface area contributed by atoms with Gasteiger partial charge in [-0.2, -0.15) is 0 Å². The normalized spacial score (nSPS) is 27.3. The molecule has 2 aliphatic rings. The molecule has 110 valence electrons. The Balaban J connectivity index is 1.54. The molecule has 2 aromatic rings. The number of ether oxygens (including phenoxy) is 1. The van der Waals surface area contributed by atoms with E-state index >= 15 is 0 Å². The lowest BCUT2D eigenvalue weighted by Gasteiger charge is -2.15. The van der Waals surface area contributed by atoms with Crippen LogP contribution in [0.1, 0.15) is 35.1 Å². The second-order valence-corrected chi connectivity index (χ2v) is 7.68. The molecule has 0 aliphatic carbocycles. The van der Waals surface area contributed by atoms with E-state index in [1.807, 2.05) is 12.1 Å². The smallest absolute Gasteiger partial charge is 0.308 e. The largest absolute Gasteiger partial charge is 0.481 e. The first kappa shape index (κ1) is 13.4. The molecule has 2 aromatic heterocycles. The van der Waals surface area contributed by atoms with Crippen LogP contribution in [-0.4, -0.2) is 28.3 Å². The standard InChI is InChI=1S/C15H15NO3S2/c17-14(18)6-9-2-4-13(21-9)11-7-20-15(16-11)10-5-8-1-3-12(10)19-8/h2,4,7-8,10,12H,1,3,5-6H2,(H,17,18). The van der Waals surface area contributed by atoms with Crippen molar-refractivity contribution < 1.29 is 14.6 Å². The molecule has 1 N–H and O–H groups in total. The minimum absolute atomic E-state index is 0.0852. The fraction of sp³-hybridized carbons (Fsp3) is 0.467. The summed E-state index contributed by atoms with van der Waals surface area (Å²) in [6.07, 6.45) is 4.35. The number of hydrogen-bond donors (Lipinski definition) is 1. The van der Waals surface area contributed by atoms with Gasteiger partial charge in [-0.3, -0.25) is 4.79 Å². The Morgan fingerprint density at radius 3 is 3.05 bits per heavy atom. The molecule has 2 saturated heterocycles. The van der Waals surface area contributed by atoms with Crippen molar-refractivity contribution in [3.05, 3.63) is 27.4 Å². The fourth-order valence-corrected chi connectivity index (χ4v) is 5.25. The van der Waals surface area contributed by atoms with Crippen molar-refractivity contribution >= 4 is 28.6 Å². The number of fused-ring (bicyclic) bond motifs is 2. The molecule has 3 unspecified atom stereocenters. The molecule has 0 saturated carbocycles. The molecule has 2 bridgehead atoms. The van der Waals surface area contributed by atoms with Crippen molar-refractivity contribution in [3.63, 3.8) is 0 Å². The predicted molar refractivity (Wildman–Crippen MR) is 82.0 cm³/mol. The van der Waals surface area contributed by atoms with Gasteiger partial charge in [-0.1, -0.05) is 0 Å². The number of aromatic nitrogens is 1. The van der Waals surface area contributed by atoms with Crippen molar-refractivity contribution in [2.45, 2.75) is 43.8 Å². The van der Waals surface area contributed by atoms with E-state index in [1.54, 1.807) is 11.3 Å². The second kappa shape index (κ2) is 5.19. The summed E-state index contributed by atoms with van der Waals surface area (Å²) >= 11 is 3.22. The number of hydrogen-bond acceptors (Lipinski definition) is 5. The number of carboxylic acids is 1. The Hall–Kier alpha value is -1.24. The summed E-state index contributed by atoms with van der Waals surface area (Å²) in [5.74, 6) is -0.331. The van der Waals surface area contributed by atoms with Crippen molar-refractivity contribution in [3.8, 4) is 10.6 Å². The van der Waals surface area contributed by atoms with Gasteiger partial charge in [0.25, 0.3) is 0 Å². The van der Waals surface area contributed by atoms with Crippen molar-refractivity contribution in [1.29, 1.82) is 0 Å². The molecule has 6 heteroatoms. The summed E-state index contributed by atoms with van der Waals surface area (Å²) in [7, 11) is 0. The van der Waals surface area contributed by atoms with Gasteiger partial charge in [0.2, 0.25) is 0 Å². The SMILES string of the molecule is O=C(O)Cc1ccc(-c2csc(C3CC4CCC3O4)n2)s1. The highest BCUT2D eigenvalue weighted by Crippen LogP contribution is 2.46. The van der Waals surface area contributed by atoms with Crippen molar-refractivity contribution in [2.24, 2.45) is 0 Å². The van der Waals surface area contributed by atoms with E-state index in [9.17, 15) is 4.79 Å². The summed E-state index contributed by atoms with van der Waals surface area (Å²) in [6, 6.07) is 3.85. The van der Waals surface area contributed by atoms with Crippen LogP contribution in [0.2, 0.25) is 0 Å². The van der Waals surface area contributed by atoms with Crippen molar-refractivity contribution in [2.75, 3.05) is 0 Å². The van der Waals surface area contributed by atoms with Gasteiger partial charge in [-0.15, -0.1) is 22.7 Å². The summed E-state index contributed by atoms with van der Waals surface area (Å²) in [5, 5.41) is 12.1. The van der Waals surface area contributed by atoms with Crippen LogP contribution < -0.4 is 0 Å². The summed E-state index contributed by atoms with van der Waals surface area (Å²) in [4.78, 5) is 17.4. The Bertz CT molecular complexity index is 678. The van der Waals surface area contributed by atoms with E-state index in [4.69, 9.17) is 14.8 Å². The molecular formula is C15H15NO3S2. The monoisotopic (exact) mass is 321 g/mol. The van der Waals surface area contributed by atoms with Gasteiger partial charge in [-0.05, 0) is 31.4 Å². The molecule has 3 atom stereocenters. The Kier molecular flexibility index (Phi) is 3.32. The third-order valence-electron chi connectivity index (χ3n) is 4.18. The molecule has 2 fully saturated rings. The maximum absolute atomic E-state index is 10.7.